The molecular weight excluding hydrogens is 303 g/mol. The molecule has 0 aromatic heterocycles. The molecule has 0 fully saturated rings. The first kappa shape index (κ1) is 16.3. The molecule has 5 nitrogen and oxygen atoms in total. The first-order valence-corrected chi connectivity index (χ1v) is 6.30. The number of hydrogen-bond donors (Lipinski definition) is 2. The Morgan fingerprint density at radius 3 is 2.55 bits per heavy atom. The number of rotatable bonds is 6. The van der Waals surface area contributed by atoms with Gasteiger partial charge in [-0.1, -0.05) is 29.1 Å². The quantitative estimate of drug-likeness (QED) is 0.787. The van der Waals surface area contributed by atoms with Crippen molar-refractivity contribution in [3.8, 4) is 12.3 Å². The minimum absolute atomic E-state index is 0.0705. The van der Waals surface area contributed by atoms with Crippen LogP contribution in [0.4, 0.5) is 5.69 Å². The Morgan fingerprint density at radius 2 is 2.00 bits per heavy atom. The SMILES string of the molecule is C#CCN(CC(=O)O)CC(=O)Nc1ccc(Cl)c(Cl)c1. The number of amides is 1. The Hall–Kier alpha value is -1.74. The van der Waals surface area contributed by atoms with Crippen molar-refractivity contribution in [2.75, 3.05) is 25.0 Å². The molecule has 0 atom stereocenters. The standard InChI is InChI=1S/C13H12Cl2N2O3/c1-2-5-17(8-13(19)20)7-12(18)16-9-3-4-10(14)11(15)6-9/h1,3-4,6H,5,7-8H2,(H,16,18)(H,19,20). The highest BCUT2D eigenvalue weighted by Gasteiger charge is 2.13. The number of nitrogens with zero attached hydrogens (tertiary/aromatic N) is 1. The number of nitrogens with one attached hydrogen (secondary N) is 1. The molecule has 0 saturated heterocycles. The summed E-state index contributed by atoms with van der Waals surface area (Å²) in [5.41, 5.74) is 0.473. The number of aliphatic carboxylic acids is 1. The topological polar surface area (TPSA) is 69.6 Å². The van der Waals surface area contributed by atoms with E-state index in [1.165, 1.54) is 11.0 Å². The number of carboxylic acids is 1. The van der Waals surface area contributed by atoms with E-state index in [0.717, 1.165) is 0 Å². The van der Waals surface area contributed by atoms with Crippen LogP contribution in [0.1, 0.15) is 0 Å². The molecule has 0 spiro atoms. The number of anilines is 1. The molecule has 1 rings (SSSR count). The zero-order valence-corrected chi connectivity index (χ0v) is 11.9. The molecule has 106 valence electrons. The Morgan fingerprint density at radius 1 is 1.30 bits per heavy atom. The summed E-state index contributed by atoms with van der Waals surface area (Å²) in [5.74, 6) is 0.861. The summed E-state index contributed by atoms with van der Waals surface area (Å²) in [4.78, 5) is 23.7. The van der Waals surface area contributed by atoms with Crippen LogP contribution < -0.4 is 5.32 Å². The van der Waals surface area contributed by atoms with Crippen molar-refractivity contribution in [1.82, 2.24) is 4.90 Å². The molecule has 0 bridgehead atoms. The van der Waals surface area contributed by atoms with Gasteiger partial charge in [-0.25, -0.2) is 0 Å². The van der Waals surface area contributed by atoms with Crippen molar-refractivity contribution in [3.05, 3.63) is 28.2 Å². The van der Waals surface area contributed by atoms with E-state index in [9.17, 15) is 9.59 Å². The highest BCUT2D eigenvalue weighted by molar-refractivity contribution is 6.42. The Labute approximate surface area is 126 Å². The van der Waals surface area contributed by atoms with Crippen LogP contribution >= 0.6 is 23.2 Å². The van der Waals surface area contributed by atoms with Gasteiger partial charge in [0.2, 0.25) is 5.91 Å². The summed E-state index contributed by atoms with van der Waals surface area (Å²) in [6, 6.07) is 4.65. The average Bonchev–Trinajstić information content (AvgIpc) is 2.33. The molecule has 0 saturated carbocycles. The van der Waals surface area contributed by atoms with Gasteiger partial charge in [0.05, 0.1) is 29.7 Å². The van der Waals surface area contributed by atoms with E-state index >= 15 is 0 Å². The molecule has 2 N–H and O–H groups in total. The average molecular weight is 315 g/mol. The van der Waals surface area contributed by atoms with Crippen molar-refractivity contribution in [3.63, 3.8) is 0 Å². The maximum atomic E-state index is 11.8. The summed E-state index contributed by atoms with van der Waals surface area (Å²) in [7, 11) is 0. The fourth-order valence-electron chi connectivity index (χ4n) is 1.47. The van der Waals surface area contributed by atoms with Crippen LogP contribution in [0.25, 0.3) is 0 Å². The predicted octanol–water partition coefficient (Wildman–Crippen LogP) is 1.95. The largest absolute Gasteiger partial charge is 0.480 e. The number of benzene rings is 1. The van der Waals surface area contributed by atoms with Gasteiger partial charge in [-0.2, -0.15) is 0 Å². The first-order chi connectivity index (χ1) is 9.42. The molecule has 0 aliphatic rings. The summed E-state index contributed by atoms with van der Waals surface area (Å²) in [5, 5.41) is 12.0. The molecule has 0 unspecified atom stereocenters. The minimum atomic E-state index is -1.05. The van der Waals surface area contributed by atoms with Crippen LogP contribution in [-0.4, -0.2) is 41.5 Å². The smallest absolute Gasteiger partial charge is 0.317 e. The zero-order valence-electron chi connectivity index (χ0n) is 10.4. The normalized spacial score (nSPS) is 10.1. The third-order valence-corrected chi connectivity index (χ3v) is 2.98. The second-order valence-corrected chi connectivity index (χ2v) is 4.73. The van der Waals surface area contributed by atoms with Gasteiger partial charge in [0.15, 0.2) is 0 Å². The van der Waals surface area contributed by atoms with Crippen molar-refractivity contribution >= 4 is 40.8 Å². The van der Waals surface area contributed by atoms with E-state index in [2.05, 4.69) is 11.2 Å². The third kappa shape index (κ3) is 5.49. The second kappa shape index (κ2) is 7.75. The van der Waals surface area contributed by atoms with Gasteiger partial charge < -0.3 is 10.4 Å². The maximum Gasteiger partial charge on any atom is 0.317 e. The van der Waals surface area contributed by atoms with Gasteiger partial charge in [0, 0.05) is 5.69 Å². The van der Waals surface area contributed by atoms with E-state index in [-0.39, 0.29) is 25.5 Å². The summed E-state index contributed by atoms with van der Waals surface area (Å²) < 4.78 is 0. The van der Waals surface area contributed by atoms with E-state index in [4.69, 9.17) is 34.7 Å². The number of terminal acetylenes is 1. The third-order valence-electron chi connectivity index (χ3n) is 2.24. The number of carbonyl (C=O) groups is 2. The molecule has 1 aromatic carbocycles. The van der Waals surface area contributed by atoms with Gasteiger partial charge in [-0.15, -0.1) is 6.42 Å². The lowest BCUT2D eigenvalue weighted by Crippen LogP contribution is -2.37. The summed E-state index contributed by atoms with van der Waals surface area (Å²) >= 11 is 11.6. The van der Waals surface area contributed by atoms with Gasteiger partial charge in [-0.05, 0) is 18.2 Å². The first-order valence-electron chi connectivity index (χ1n) is 5.55. The lowest BCUT2D eigenvalue weighted by atomic mass is 10.3. The molecule has 1 amide bonds. The van der Waals surface area contributed by atoms with Crippen LogP contribution in [0.3, 0.4) is 0 Å². The van der Waals surface area contributed by atoms with Crippen molar-refractivity contribution < 1.29 is 14.7 Å². The van der Waals surface area contributed by atoms with Crippen molar-refractivity contribution in [1.29, 1.82) is 0 Å². The van der Waals surface area contributed by atoms with E-state index < -0.39 is 5.97 Å². The Kier molecular flexibility index (Phi) is 6.32. The number of hydrogen-bond acceptors (Lipinski definition) is 3. The fraction of sp³-hybridized carbons (Fsp3) is 0.231. The van der Waals surface area contributed by atoms with E-state index in [1.807, 2.05) is 0 Å². The van der Waals surface area contributed by atoms with Crippen LogP contribution in [0.2, 0.25) is 10.0 Å². The van der Waals surface area contributed by atoms with Gasteiger partial charge >= 0.3 is 5.97 Å². The number of halogens is 2. The molecular formula is C13H12Cl2N2O3. The highest BCUT2D eigenvalue weighted by atomic mass is 35.5. The fourth-order valence-corrected chi connectivity index (χ4v) is 1.76. The van der Waals surface area contributed by atoms with E-state index in [0.29, 0.717) is 15.7 Å². The molecule has 0 aliphatic carbocycles. The summed E-state index contributed by atoms with van der Waals surface area (Å²) in [6.07, 6.45) is 5.12. The van der Waals surface area contributed by atoms with Crippen LogP contribution in [0, 0.1) is 12.3 Å². The number of carboxylic acid groups (broad SMARTS) is 1. The molecule has 0 aliphatic heterocycles. The van der Waals surface area contributed by atoms with Gasteiger partial charge in [0.1, 0.15) is 0 Å². The monoisotopic (exact) mass is 314 g/mol. The van der Waals surface area contributed by atoms with E-state index in [1.54, 1.807) is 12.1 Å². The molecule has 0 heterocycles. The Balaban J connectivity index is 2.63. The lowest BCUT2D eigenvalue weighted by Gasteiger charge is -2.16. The summed E-state index contributed by atoms with van der Waals surface area (Å²) in [6.45, 7) is -0.364. The van der Waals surface area contributed by atoms with Crippen molar-refractivity contribution in [2.45, 2.75) is 0 Å². The van der Waals surface area contributed by atoms with Crippen LogP contribution in [-0.2, 0) is 9.59 Å². The molecule has 1 aromatic rings. The minimum Gasteiger partial charge on any atom is -0.480 e. The highest BCUT2D eigenvalue weighted by Crippen LogP contribution is 2.24. The Bertz CT molecular complexity index is 555. The lowest BCUT2D eigenvalue weighted by molar-refractivity contribution is -0.138. The second-order valence-electron chi connectivity index (χ2n) is 3.92. The van der Waals surface area contributed by atoms with Crippen LogP contribution in [0.15, 0.2) is 18.2 Å². The van der Waals surface area contributed by atoms with Gasteiger partial charge in [0.25, 0.3) is 0 Å². The molecule has 20 heavy (non-hydrogen) atoms. The molecule has 7 heteroatoms. The predicted molar refractivity (Wildman–Crippen MR) is 78.0 cm³/mol. The van der Waals surface area contributed by atoms with Gasteiger partial charge in [-0.3, -0.25) is 14.5 Å². The number of carbonyl (C=O) groups excluding carboxylic acids is 1. The molecule has 0 radical (unpaired) electrons. The van der Waals surface area contributed by atoms with Crippen LogP contribution in [0.5, 0.6) is 0 Å². The zero-order chi connectivity index (χ0) is 15.1. The van der Waals surface area contributed by atoms with Crippen molar-refractivity contribution in [2.24, 2.45) is 0 Å². The maximum absolute atomic E-state index is 11.8.